The molecule has 0 spiro atoms. The number of aromatic nitrogens is 5. The lowest BCUT2D eigenvalue weighted by Crippen LogP contribution is -2.51. The molecule has 11 heteroatoms. The van der Waals surface area contributed by atoms with Gasteiger partial charge in [-0.3, -0.25) is 14.0 Å². The molecule has 1 saturated carbocycles. The van der Waals surface area contributed by atoms with E-state index in [9.17, 15) is 18.0 Å². The molecule has 8 nitrogen and oxygen atoms in total. The average Bonchev–Trinajstić information content (AvgIpc) is 3.52. The second kappa shape index (κ2) is 7.42. The molecule has 0 radical (unpaired) electrons. The number of amides is 1. The minimum atomic E-state index is -4.42. The maximum Gasteiger partial charge on any atom is 0.416 e. The first-order chi connectivity index (χ1) is 16.7. The third-order valence-corrected chi connectivity index (χ3v) is 6.61. The average molecular weight is 480 g/mol. The minimum Gasteiger partial charge on any atom is -0.343 e. The van der Waals surface area contributed by atoms with Crippen LogP contribution in [0.4, 0.5) is 13.2 Å². The lowest BCUT2D eigenvalue weighted by Gasteiger charge is -2.39. The molecule has 1 N–H and O–H groups in total. The summed E-state index contributed by atoms with van der Waals surface area (Å²) in [7, 11) is 1.77. The van der Waals surface area contributed by atoms with Gasteiger partial charge in [0.05, 0.1) is 11.1 Å². The lowest BCUT2D eigenvalue weighted by molar-refractivity contribution is -0.137. The van der Waals surface area contributed by atoms with E-state index in [-0.39, 0.29) is 5.91 Å². The molecular formula is C24H19F3N6O2. The van der Waals surface area contributed by atoms with Crippen LogP contribution < -0.4 is 5.32 Å². The van der Waals surface area contributed by atoms with Gasteiger partial charge in [0, 0.05) is 35.3 Å². The third-order valence-electron chi connectivity index (χ3n) is 6.61. The van der Waals surface area contributed by atoms with Crippen molar-refractivity contribution in [2.24, 2.45) is 7.05 Å². The normalized spacial score (nSPS) is 15.4. The standard InChI is InChI=1S/C24H19F3N6O2/c1-32-12-18-17-11-14(21(34)29-23(9-2-10-23)22-28-13-35-31-22)3-8-19(17)33(20(18)30-32)16-6-4-15(5-7-16)24(25,26)27/h3-8,11-13H,2,9-10H2,1H3,(H,29,34). The van der Waals surface area contributed by atoms with Gasteiger partial charge in [-0.05, 0) is 61.7 Å². The first kappa shape index (κ1) is 21.4. The van der Waals surface area contributed by atoms with Crippen molar-refractivity contribution in [3.05, 3.63) is 72.0 Å². The summed E-state index contributed by atoms with van der Waals surface area (Å²) in [6, 6.07) is 10.2. The van der Waals surface area contributed by atoms with E-state index < -0.39 is 17.3 Å². The summed E-state index contributed by atoms with van der Waals surface area (Å²) in [6.45, 7) is 0. The van der Waals surface area contributed by atoms with Crippen molar-refractivity contribution in [3.63, 3.8) is 0 Å². The summed E-state index contributed by atoms with van der Waals surface area (Å²) in [5.74, 6) is 0.192. The van der Waals surface area contributed by atoms with E-state index in [0.29, 0.717) is 22.7 Å². The lowest BCUT2D eigenvalue weighted by atomic mass is 9.76. The first-order valence-corrected chi connectivity index (χ1v) is 11.0. The fourth-order valence-corrected chi connectivity index (χ4v) is 4.70. The molecule has 0 unspecified atom stereocenters. The summed E-state index contributed by atoms with van der Waals surface area (Å²) in [6.07, 6.45) is 1.04. The van der Waals surface area contributed by atoms with Crippen LogP contribution in [0.5, 0.6) is 0 Å². The number of aryl methyl sites for hydroxylation is 1. The van der Waals surface area contributed by atoms with E-state index in [1.807, 2.05) is 6.20 Å². The predicted molar refractivity (Wildman–Crippen MR) is 120 cm³/mol. The highest BCUT2D eigenvalue weighted by Crippen LogP contribution is 2.40. The summed E-state index contributed by atoms with van der Waals surface area (Å²) in [5.41, 5.74) is 0.940. The van der Waals surface area contributed by atoms with Crippen LogP contribution in [0, 0.1) is 0 Å². The van der Waals surface area contributed by atoms with Crippen LogP contribution in [0.1, 0.15) is 41.0 Å². The van der Waals surface area contributed by atoms with E-state index in [2.05, 4.69) is 20.6 Å². The van der Waals surface area contributed by atoms with Crippen molar-refractivity contribution < 1.29 is 22.5 Å². The van der Waals surface area contributed by atoms with Crippen molar-refractivity contribution in [2.45, 2.75) is 31.0 Å². The summed E-state index contributed by atoms with van der Waals surface area (Å²) in [4.78, 5) is 17.3. The van der Waals surface area contributed by atoms with Crippen molar-refractivity contribution in [2.75, 3.05) is 0 Å². The zero-order valence-corrected chi connectivity index (χ0v) is 18.5. The molecule has 178 valence electrons. The summed E-state index contributed by atoms with van der Waals surface area (Å²) >= 11 is 0. The Kier molecular flexibility index (Phi) is 4.54. The maximum atomic E-state index is 13.2. The molecule has 0 bridgehead atoms. The Balaban J connectivity index is 1.42. The van der Waals surface area contributed by atoms with Crippen LogP contribution in [0.2, 0.25) is 0 Å². The van der Waals surface area contributed by atoms with E-state index in [0.717, 1.165) is 47.7 Å². The number of carbonyl (C=O) groups is 1. The Morgan fingerprint density at radius 1 is 1.11 bits per heavy atom. The topological polar surface area (TPSA) is 90.8 Å². The maximum absolute atomic E-state index is 13.2. The molecule has 6 rings (SSSR count). The molecule has 3 heterocycles. The van der Waals surface area contributed by atoms with Gasteiger partial charge in [-0.1, -0.05) is 5.16 Å². The number of benzene rings is 2. The molecule has 5 aromatic rings. The number of nitrogens with one attached hydrogen (secondary N) is 1. The van der Waals surface area contributed by atoms with Crippen molar-refractivity contribution >= 4 is 27.8 Å². The summed E-state index contributed by atoms with van der Waals surface area (Å²) in [5, 5.41) is 13.1. The van der Waals surface area contributed by atoms with Crippen LogP contribution in [0.25, 0.3) is 27.6 Å². The van der Waals surface area contributed by atoms with E-state index >= 15 is 0 Å². The Morgan fingerprint density at radius 2 is 1.89 bits per heavy atom. The van der Waals surface area contributed by atoms with Gasteiger partial charge in [-0.15, -0.1) is 0 Å². The smallest absolute Gasteiger partial charge is 0.343 e. The molecule has 1 aliphatic rings. The number of nitrogens with zero attached hydrogens (tertiary/aromatic N) is 5. The fourth-order valence-electron chi connectivity index (χ4n) is 4.70. The number of hydrogen-bond acceptors (Lipinski definition) is 5. The zero-order chi connectivity index (χ0) is 24.4. The fraction of sp³-hybridized carbons (Fsp3) is 0.250. The monoisotopic (exact) mass is 480 g/mol. The Bertz CT molecular complexity index is 1560. The second-order valence-electron chi connectivity index (χ2n) is 8.80. The Morgan fingerprint density at radius 3 is 2.51 bits per heavy atom. The van der Waals surface area contributed by atoms with Gasteiger partial charge in [0.15, 0.2) is 11.5 Å². The zero-order valence-electron chi connectivity index (χ0n) is 18.5. The molecule has 35 heavy (non-hydrogen) atoms. The van der Waals surface area contributed by atoms with Crippen LogP contribution in [0.15, 0.2) is 59.6 Å². The van der Waals surface area contributed by atoms with Crippen molar-refractivity contribution in [1.82, 2.24) is 29.8 Å². The van der Waals surface area contributed by atoms with Crippen LogP contribution in [-0.4, -0.2) is 30.4 Å². The minimum absolute atomic E-state index is 0.268. The quantitative estimate of drug-likeness (QED) is 0.402. The van der Waals surface area contributed by atoms with E-state index in [1.54, 1.807) is 34.5 Å². The van der Waals surface area contributed by atoms with E-state index in [4.69, 9.17) is 4.52 Å². The highest BCUT2D eigenvalue weighted by molar-refractivity contribution is 6.10. The molecular weight excluding hydrogens is 461 g/mol. The van der Waals surface area contributed by atoms with Crippen LogP contribution in [0.3, 0.4) is 0 Å². The molecule has 3 aromatic heterocycles. The Labute approximate surface area is 196 Å². The van der Waals surface area contributed by atoms with Gasteiger partial charge in [0.2, 0.25) is 6.39 Å². The van der Waals surface area contributed by atoms with Crippen LogP contribution in [-0.2, 0) is 18.8 Å². The van der Waals surface area contributed by atoms with Crippen molar-refractivity contribution in [3.8, 4) is 5.69 Å². The van der Waals surface area contributed by atoms with E-state index in [1.165, 1.54) is 18.5 Å². The van der Waals surface area contributed by atoms with Crippen LogP contribution >= 0.6 is 0 Å². The number of carbonyl (C=O) groups excluding carboxylic acids is 1. The Hall–Kier alpha value is -4.15. The molecule has 2 aromatic carbocycles. The molecule has 0 atom stereocenters. The molecule has 0 saturated heterocycles. The summed E-state index contributed by atoms with van der Waals surface area (Å²) < 4.78 is 47.5. The molecule has 1 fully saturated rings. The first-order valence-electron chi connectivity index (χ1n) is 11.0. The number of halogens is 3. The van der Waals surface area contributed by atoms with Gasteiger partial charge in [0.1, 0.15) is 5.54 Å². The number of rotatable bonds is 4. The van der Waals surface area contributed by atoms with Crippen molar-refractivity contribution in [1.29, 1.82) is 0 Å². The highest BCUT2D eigenvalue weighted by atomic mass is 19.4. The second-order valence-corrected chi connectivity index (χ2v) is 8.80. The molecule has 1 amide bonds. The van der Waals surface area contributed by atoms with Gasteiger partial charge in [-0.25, -0.2) is 0 Å². The van der Waals surface area contributed by atoms with Gasteiger partial charge < -0.3 is 9.84 Å². The number of alkyl halides is 3. The van der Waals surface area contributed by atoms with Gasteiger partial charge in [-0.2, -0.15) is 23.3 Å². The largest absolute Gasteiger partial charge is 0.416 e. The number of hydrogen-bond donors (Lipinski definition) is 1. The molecule has 0 aliphatic heterocycles. The number of fused-ring (bicyclic) bond motifs is 3. The predicted octanol–water partition coefficient (Wildman–Crippen LogP) is 4.73. The highest BCUT2D eigenvalue weighted by Gasteiger charge is 2.44. The van der Waals surface area contributed by atoms with Gasteiger partial charge in [0.25, 0.3) is 5.91 Å². The van der Waals surface area contributed by atoms with Gasteiger partial charge >= 0.3 is 6.18 Å². The molecule has 1 aliphatic carbocycles. The third kappa shape index (κ3) is 3.37. The SMILES string of the molecule is Cn1cc2c3cc(C(=O)NC4(c5ncon5)CCC4)ccc3n(-c3ccc(C(F)(F)F)cc3)c2n1.